The molecule has 23 nitrogen and oxygen atoms in total. The minimum atomic E-state index is -1.92. The third-order valence-electron chi connectivity index (χ3n) is 14.2. The van der Waals surface area contributed by atoms with Crippen LogP contribution in [0.25, 0.3) is 10.9 Å². The highest BCUT2D eigenvalue weighted by molar-refractivity contribution is 5.99. The minimum Gasteiger partial charge on any atom is -0.489 e. The Balaban J connectivity index is 1.26. The lowest BCUT2D eigenvalue weighted by Crippen LogP contribution is -2.61. The van der Waals surface area contributed by atoms with Gasteiger partial charge in [0, 0.05) is 55.9 Å². The molecule has 23 heteroatoms. The molecule has 2 aliphatic rings. The summed E-state index contributed by atoms with van der Waals surface area (Å²) < 4.78 is 11.7. The van der Waals surface area contributed by atoms with E-state index in [1.807, 2.05) is 30.3 Å². The molecule has 0 spiro atoms. The largest absolute Gasteiger partial charge is 0.489 e. The molecule has 3 heterocycles. The number of ether oxygens (including phenoxy) is 2. The van der Waals surface area contributed by atoms with Gasteiger partial charge in [-0.15, -0.1) is 9.81 Å². The van der Waals surface area contributed by atoms with E-state index in [2.05, 4.69) is 36.8 Å². The van der Waals surface area contributed by atoms with Gasteiger partial charge in [0.1, 0.15) is 54.7 Å². The molecule has 0 saturated carbocycles. The first kappa shape index (κ1) is 57.8. The number of unbranched alkanes of at least 4 members (excludes halogenated alkanes) is 1. The Morgan fingerprint density at radius 3 is 1.91 bits per heavy atom. The smallest absolute Gasteiger partial charge is 0.407 e. The van der Waals surface area contributed by atoms with Crippen molar-refractivity contribution in [2.75, 3.05) is 26.2 Å². The molecule has 8 rings (SSSR count). The van der Waals surface area contributed by atoms with E-state index < -0.39 is 90.3 Å². The maximum absolute atomic E-state index is 15.4. The number of alkyl carbamates (subject to hydrolysis) is 1. The molecule has 0 radical (unpaired) electrons. The van der Waals surface area contributed by atoms with Gasteiger partial charge in [-0.2, -0.15) is 10.0 Å². The van der Waals surface area contributed by atoms with E-state index in [0.29, 0.717) is 43.4 Å². The van der Waals surface area contributed by atoms with E-state index in [-0.39, 0.29) is 76.9 Å². The van der Waals surface area contributed by atoms with Crippen LogP contribution in [0.15, 0.2) is 156 Å². The van der Waals surface area contributed by atoms with Crippen molar-refractivity contribution in [3.63, 3.8) is 0 Å². The van der Waals surface area contributed by atoms with Crippen LogP contribution in [-0.4, -0.2) is 124 Å². The Morgan fingerprint density at radius 1 is 0.617 bits per heavy atom. The maximum atomic E-state index is 15.4. The van der Waals surface area contributed by atoms with Crippen molar-refractivity contribution >= 4 is 52.4 Å². The van der Waals surface area contributed by atoms with Gasteiger partial charge in [-0.25, -0.2) is 4.79 Å². The lowest BCUT2D eigenvalue weighted by atomic mass is 9.99. The second-order valence-electron chi connectivity index (χ2n) is 19.7. The first-order valence-electron chi connectivity index (χ1n) is 26.7. The van der Waals surface area contributed by atoms with E-state index in [1.54, 1.807) is 115 Å². The van der Waals surface area contributed by atoms with E-state index in [4.69, 9.17) is 20.9 Å². The molecule has 7 atom stereocenters. The van der Waals surface area contributed by atoms with Crippen molar-refractivity contribution in [1.82, 2.24) is 41.2 Å². The molecule has 0 unspecified atom stereocenters. The summed E-state index contributed by atoms with van der Waals surface area (Å²) >= 11 is 0. The maximum Gasteiger partial charge on any atom is 0.407 e. The average molecular weight is 1110 g/mol. The van der Waals surface area contributed by atoms with Crippen molar-refractivity contribution in [2.24, 2.45) is 22.0 Å². The molecule has 81 heavy (non-hydrogen) atoms. The second-order valence-corrected chi connectivity index (χ2v) is 19.7. The van der Waals surface area contributed by atoms with Gasteiger partial charge in [-0.3, -0.25) is 28.8 Å². The topological polar surface area (TPSA) is 322 Å². The van der Waals surface area contributed by atoms with Crippen LogP contribution in [0.3, 0.4) is 0 Å². The SMILES string of the molecule is NCCCC[C@H]1C(=O)N(N=O)[C@@H](Cc2ccc(OCc3ccccc3)cc2)C(=O)N[C@@H](Cc2ccccc2)C(=O)N2C[C@H](OC(=O)NCCN)C[C@H]2C(=O)N[C@@H](c2ccccc2)C(=O)N[C@H](Cc2c[nH]c3ccccc23)C(=O)N1N=O. The van der Waals surface area contributed by atoms with Crippen LogP contribution in [0.4, 0.5) is 4.79 Å². The van der Waals surface area contributed by atoms with Crippen LogP contribution < -0.4 is 37.5 Å². The van der Waals surface area contributed by atoms with E-state index in [1.165, 1.54) is 0 Å². The number of amides is 7. The Morgan fingerprint density at radius 2 is 1.23 bits per heavy atom. The van der Waals surface area contributed by atoms with Crippen molar-refractivity contribution in [3.8, 4) is 5.75 Å². The summed E-state index contributed by atoms with van der Waals surface area (Å²) in [4.78, 5) is 136. The lowest BCUT2D eigenvalue weighted by Gasteiger charge is -2.34. The van der Waals surface area contributed by atoms with Crippen molar-refractivity contribution < 1.29 is 43.0 Å². The number of hydrogen-bond donors (Lipinski definition) is 7. The zero-order chi connectivity index (χ0) is 57.3. The highest BCUT2D eigenvalue weighted by atomic mass is 16.6. The van der Waals surface area contributed by atoms with E-state index in [9.17, 15) is 14.6 Å². The van der Waals surface area contributed by atoms with Gasteiger partial charge in [0.05, 0.1) is 17.1 Å². The number of fused-ring (bicyclic) bond motifs is 2. The van der Waals surface area contributed by atoms with Crippen LogP contribution in [0, 0.1) is 9.81 Å². The highest BCUT2D eigenvalue weighted by Gasteiger charge is 2.47. The number of nitrogens with zero attached hydrogens (tertiary/aromatic N) is 5. The quantitative estimate of drug-likeness (QED) is 0.0443. The summed E-state index contributed by atoms with van der Waals surface area (Å²) in [6.45, 7) is 0.144. The predicted octanol–water partition coefficient (Wildman–Crippen LogP) is 4.16. The van der Waals surface area contributed by atoms with Gasteiger partial charge in [0.15, 0.2) is 0 Å². The Labute approximate surface area is 466 Å². The predicted molar refractivity (Wildman–Crippen MR) is 297 cm³/mol. The van der Waals surface area contributed by atoms with Crippen LogP contribution in [0.1, 0.15) is 59.5 Å². The number of carbonyl (C=O) groups is 7. The molecule has 0 bridgehead atoms. The summed E-state index contributed by atoms with van der Waals surface area (Å²) in [7, 11) is 0. The summed E-state index contributed by atoms with van der Waals surface area (Å²) in [6.07, 6.45) is -1.51. The number of aromatic nitrogens is 1. The van der Waals surface area contributed by atoms with E-state index in [0.717, 1.165) is 10.5 Å². The lowest BCUT2D eigenvalue weighted by molar-refractivity contribution is -0.152. The molecule has 1 aromatic heterocycles. The fourth-order valence-electron chi connectivity index (χ4n) is 10.0. The first-order valence-corrected chi connectivity index (χ1v) is 26.7. The van der Waals surface area contributed by atoms with Gasteiger partial charge >= 0.3 is 6.09 Å². The Kier molecular flexibility index (Phi) is 20.0. The summed E-state index contributed by atoms with van der Waals surface area (Å²) in [5, 5.41) is 18.3. The minimum absolute atomic E-state index is 0.0542. The number of benzene rings is 5. The number of rotatable bonds is 19. The third kappa shape index (κ3) is 14.7. The Hall–Kier alpha value is -9.35. The van der Waals surface area contributed by atoms with Crippen LogP contribution in [-0.2, 0) is 59.4 Å². The number of hydrogen-bond acceptors (Lipinski definition) is 15. The molecule has 0 aliphatic carbocycles. The first-order chi connectivity index (χ1) is 39.4. The van der Waals surface area contributed by atoms with Crippen molar-refractivity contribution in [1.29, 1.82) is 0 Å². The molecule has 9 N–H and O–H groups in total. The molecule has 2 aliphatic heterocycles. The van der Waals surface area contributed by atoms with Crippen LogP contribution in [0.2, 0.25) is 0 Å². The molecule has 7 amide bonds. The van der Waals surface area contributed by atoms with Crippen LogP contribution in [0.5, 0.6) is 5.75 Å². The zero-order valence-corrected chi connectivity index (χ0v) is 44.3. The average Bonchev–Trinajstić information content (AvgIpc) is 4.23. The summed E-state index contributed by atoms with van der Waals surface area (Å²) in [6, 6.07) is 29.5. The molecular formula is C58H64N12O11. The molecule has 2 fully saturated rings. The number of para-hydroxylation sites is 1. The standard InChI is InChI=1S/C58H64N12O11/c59-27-13-12-22-48-57(76)70(67-79)50(31-38-23-25-42(26-24-38)80-36-39-16-6-2-7-17-39)53(72)63-46(30-37-14-4-1-5-15-37)55(74)68-35-43(81-58(77)61-29-28-60)33-49(68)52(71)65-51(40-18-8-3-9-19-40)54(73)64-47(56(75)69(48)66-78)32-41-34-62-45-21-11-10-20-44(41)45/h1-11,14-21,23-26,34,43,46-51,62H,12-13,22,27-33,35-36,59-60H2,(H,61,77)(H,63,72)(H,64,73)(H,65,71)/t43-,46+,47-,48+,49+,50+,51+/m1/s1. The Bertz CT molecular complexity index is 3150. The van der Waals surface area contributed by atoms with Crippen molar-refractivity contribution in [2.45, 2.75) is 93.9 Å². The van der Waals surface area contributed by atoms with E-state index >= 15 is 28.8 Å². The van der Waals surface area contributed by atoms with Gasteiger partial charge < -0.3 is 52.1 Å². The van der Waals surface area contributed by atoms with Crippen LogP contribution >= 0.6 is 0 Å². The number of nitrogens with one attached hydrogen (secondary N) is 5. The number of nitrogens with two attached hydrogens (primary N) is 2. The zero-order valence-electron chi connectivity index (χ0n) is 44.3. The highest BCUT2D eigenvalue weighted by Crippen LogP contribution is 2.28. The molecular weight excluding hydrogens is 1040 g/mol. The normalized spacial score (nSPS) is 21.3. The van der Waals surface area contributed by atoms with Crippen molar-refractivity contribution in [3.05, 3.63) is 183 Å². The van der Waals surface area contributed by atoms with Gasteiger partial charge in [-0.05, 0) is 71.8 Å². The van der Waals surface area contributed by atoms with Gasteiger partial charge in [0.25, 0.3) is 11.8 Å². The molecule has 6 aromatic rings. The molecule has 422 valence electrons. The number of H-pyrrole nitrogens is 1. The fourth-order valence-corrected chi connectivity index (χ4v) is 10.0. The van der Waals surface area contributed by atoms with Gasteiger partial charge in [0.2, 0.25) is 23.6 Å². The summed E-state index contributed by atoms with van der Waals surface area (Å²) in [5.41, 5.74) is 14.8. The third-order valence-corrected chi connectivity index (χ3v) is 14.2. The number of nitroso groups, excluding NO2 is 2. The summed E-state index contributed by atoms with van der Waals surface area (Å²) in [5.74, 6) is -5.75. The molecule has 2 saturated heterocycles. The fraction of sp³-hybridized carbons (Fsp3) is 0.328. The number of aromatic amines is 1. The number of carbonyl (C=O) groups excluding carboxylic acids is 7. The van der Waals surface area contributed by atoms with Gasteiger partial charge in [-0.1, -0.05) is 121 Å². The second kappa shape index (κ2) is 28.0. The molecule has 5 aromatic carbocycles. The monoisotopic (exact) mass is 1100 g/mol.